The average molecular weight is 451 g/mol. The molecule has 0 bridgehead atoms. The molecule has 0 fully saturated rings. The van der Waals surface area contributed by atoms with Gasteiger partial charge >= 0.3 is 0 Å². The third-order valence-electron chi connectivity index (χ3n) is 6.96. The molecular weight excluding hydrogens is 423 g/mol. The molecule has 0 radical (unpaired) electrons. The van der Waals surface area contributed by atoms with Crippen molar-refractivity contribution in [1.82, 2.24) is 0 Å². The number of ether oxygens (including phenoxy) is 1. The van der Waals surface area contributed by atoms with E-state index in [9.17, 15) is 4.39 Å². The second-order valence-electron chi connectivity index (χ2n) is 9.77. The summed E-state index contributed by atoms with van der Waals surface area (Å²) in [5, 5.41) is 6.17. The molecule has 6 rings (SSSR count). The van der Waals surface area contributed by atoms with Crippen molar-refractivity contribution < 1.29 is 9.13 Å². The summed E-state index contributed by atoms with van der Waals surface area (Å²) < 4.78 is 19.5. The van der Waals surface area contributed by atoms with E-state index in [1.54, 1.807) is 7.11 Å². The van der Waals surface area contributed by atoms with Crippen molar-refractivity contribution >= 4 is 27.8 Å². The molecule has 2 heterocycles. The Hall–Kier alpha value is -3.79. The number of methoxy groups -OCH3 is 1. The van der Waals surface area contributed by atoms with Crippen LogP contribution in [0.3, 0.4) is 0 Å². The molecule has 2 aliphatic heterocycles. The molecule has 2 aliphatic rings. The standard InChI is InChI=1S/C30H27FN2O/c1-18-9-10-19-7-5-6-8-21(19)29(18)33-17-24-22(23-12-11-20(31)15-27(23)34-4)13-14-25-28(24)26(33)16-30(2,3)32-25/h5-16,32H,17H2,1-4H3. The Morgan fingerprint density at radius 1 is 0.971 bits per heavy atom. The van der Waals surface area contributed by atoms with Gasteiger partial charge in [-0.3, -0.25) is 0 Å². The lowest BCUT2D eigenvalue weighted by molar-refractivity contribution is 0.413. The Labute approximate surface area is 199 Å². The van der Waals surface area contributed by atoms with Crippen LogP contribution in [0.25, 0.3) is 27.6 Å². The maximum atomic E-state index is 14.0. The fourth-order valence-corrected chi connectivity index (χ4v) is 5.52. The van der Waals surface area contributed by atoms with Crippen molar-refractivity contribution in [2.75, 3.05) is 17.3 Å². The van der Waals surface area contributed by atoms with E-state index < -0.39 is 0 Å². The number of rotatable bonds is 3. The molecule has 0 spiro atoms. The largest absolute Gasteiger partial charge is 0.496 e. The fourth-order valence-electron chi connectivity index (χ4n) is 5.52. The highest BCUT2D eigenvalue weighted by Crippen LogP contribution is 2.51. The van der Waals surface area contributed by atoms with E-state index in [0.29, 0.717) is 5.75 Å². The summed E-state index contributed by atoms with van der Waals surface area (Å²) in [6.07, 6.45) is 2.33. The minimum atomic E-state index is -0.299. The maximum Gasteiger partial charge on any atom is 0.129 e. The van der Waals surface area contributed by atoms with Gasteiger partial charge in [0.25, 0.3) is 0 Å². The molecule has 1 N–H and O–H groups in total. The number of halogens is 1. The van der Waals surface area contributed by atoms with E-state index in [1.807, 2.05) is 6.07 Å². The molecule has 34 heavy (non-hydrogen) atoms. The number of aryl methyl sites for hydroxylation is 1. The zero-order valence-electron chi connectivity index (χ0n) is 19.9. The first-order chi connectivity index (χ1) is 16.4. The summed E-state index contributed by atoms with van der Waals surface area (Å²) in [5.41, 5.74) is 9.06. The van der Waals surface area contributed by atoms with Crippen LogP contribution in [-0.4, -0.2) is 12.6 Å². The van der Waals surface area contributed by atoms with Crippen molar-refractivity contribution in [1.29, 1.82) is 0 Å². The lowest BCUT2D eigenvalue weighted by Gasteiger charge is -2.34. The van der Waals surface area contributed by atoms with Crippen molar-refractivity contribution in [3.63, 3.8) is 0 Å². The molecule has 0 atom stereocenters. The van der Waals surface area contributed by atoms with Gasteiger partial charge in [0.15, 0.2) is 0 Å². The predicted molar refractivity (Wildman–Crippen MR) is 139 cm³/mol. The van der Waals surface area contributed by atoms with Crippen LogP contribution in [0.4, 0.5) is 15.8 Å². The number of nitrogens with one attached hydrogen (secondary N) is 1. The van der Waals surface area contributed by atoms with Gasteiger partial charge in [-0.05, 0) is 67.1 Å². The van der Waals surface area contributed by atoms with Crippen LogP contribution >= 0.6 is 0 Å². The number of benzene rings is 4. The SMILES string of the molecule is COc1cc(F)ccc1-c1ccc2c3c1CN(c1c(C)ccc4ccccc14)C3=CC(C)(C)N2. The van der Waals surface area contributed by atoms with E-state index in [2.05, 4.69) is 85.6 Å². The van der Waals surface area contributed by atoms with Gasteiger partial charge in [-0.2, -0.15) is 0 Å². The first-order valence-corrected chi connectivity index (χ1v) is 11.6. The van der Waals surface area contributed by atoms with Gasteiger partial charge in [-0.25, -0.2) is 4.39 Å². The monoisotopic (exact) mass is 450 g/mol. The second-order valence-corrected chi connectivity index (χ2v) is 9.77. The predicted octanol–water partition coefficient (Wildman–Crippen LogP) is 7.53. The van der Waals surface area contributed by atoms with E-state index in [0.717, 1.165) is 23.4 Å². The quantitative estimate of drug-likeness (QED) is 0.349. The molecule has 0 aliphatic carbocycles. The molecule has 4 aromatic carbocycles. The van der Waals surface area contributed by atoms with E-state index in [4.69, 9.17) is 4.74 Å². The third kappa shape index (κ3) is 3.09. The smallest absolute Gasteiger partial charge is 0.129 e. The van der Waals surface area contributed by atoms with Crippen LogP contribution in [0.1, 0.15) is 30.5 Å². The Morgan fingerprint density at radius 2 is 1.76 bits per heavy atom. The van der Waals surface area contributed by atoms with E-state index in [-0.39, 0.29) is 11.4 Å². The summed E-state index contributed by atoms with van der Waals surface area (Å²) >= 11 is 0. The van der Waals surface area contributed by atoms with E-state index >= 15 is 0 Å². The van der Waals surface area contributed by atoms with Gasteiger partial charge in [0.1, 0.15) is 11.6 Å². The summed E-state index contributed by atoms with van der Waals surface area (Å²) in [6.45, 7) is 7.32. The minimum Gasteiger partial charge on any atom is -0.496 e. The van der Waals surface area contributed by atoms with Crippen LogP contribution in [0.2, 0.25) is 0 Å². The van der Waals surface area contributed by atoms with Crippen LogP contribution in [0.15, 0.2) is 72.8 Å². The first-order valence-electron chi connectivity index (χ1n) is 11.6. The Kier molecular flexibility index (Phi) is 4.50. The molecule has 0 saturated heterocycles. The summed E-state index contributed by atoms with van der Waals surface area (Å²) in [5.74, 6) is 0.248. The van der Waals surface area contributed by atoms with Crippen LogP contribution in [-0.2, 0) is 6.54 Å². The van der Waals surface area contributed by atoms with Crippen molar-refractivity contribution in [2.24, 2.45) is 0 Å². The minimum absolute atomic E-state index is 0.185. The third-order valence-corrected chi connectivity index (χ3v) is 6.96. The van der Waals surface area contributed by atoms with Gasteiger partial charge in [0, 0.05) is 40.5 Å². The summed E-state index contributed by atoms with van der Waals surface area (Å²) in [7, 11) is 1.59. The zero-order valence-corrected chi connectivity index (χ0v) is 19.9. The highest BCUT2D eigenvalue weighted by molar-refractivity contribution is 6.04. The highest BCUT2D eigenvalue weighted by atomic mass is 19.1. The van der Waals surface area contributed by atoms with Crippen molar-refractivity contribution in [3.8, 4) is 16.9 Å². The summed E-state index contributed by atoms with van der Waals surface area (Å²) in [4.78, 5) is 2.45. The molecule has 4 heteroatoms. The topological polar surface area (TPSA) is 24.5 Å². The Balaban J connectivity index is 1.62. The summed E-state index contributed by atoms with van der Waals surface area (Å²) in [6, 6.07) is 22.0. The van der Waals surface area contributed by atoms with Crippen LogP contribution < -0.4 is 15.0 Å². The van der Waals surface area contributed by atoms with Crippen LogP contribution in [0.5, 0.6) is 5.75 Å². The Morgan fingerprint density at radius 3 is 2.59 bits per heavy atom. The highest BCUT2D eigenvalue weighted by Gasteiger charge is 2.37. The lowest BCUT2D eigenvalue weighted by atomic mass is 9.89. The molecular formula is C30H27FN2O. The maximum absolute atomic E-state index is 14.0. The molecule has 0 saturated carbocycles. The number of hydrogen-bond donors (Lipinski definition) is 1. The van der Waals surface area contributed by atoms with E-state index in [1.165, 1.54) is 51.0 Å². The number of anilines is 2. The number of hydrogen-bond acceptors (Lipinski definition) is 3. The second kappa shape index (κ2) is 7.36. The van der Waals surface area contributed by atoms with Gasteiger partial charge in [0.2, 0.25) is 0 Å². The average Bonchev–Trinajstić information content (AvgIpc) is 3.18. The van der Waals surface area contributed by atoms with Gasteiger partial charge in [-0.1, -0.05) is 42.5 Å². The molecule has 3 nitrogen and oxygen atoms in total. The molecule has 0 unspecified atom stereocenters. The normalized spacial score (nSPS) is 15.7. The van der Waals surface area contributed by atoms with Gasteiger partial charge in [0.05, 0.1) is 18.3 Å². The number of fused-ring (bicyclic) bond motifs is 1. The number of nitrogens with zero attached hydrogens (tertiary/aromatic N) is 1. The molecule has 170 valence electrons. The molecule has 0 amide bonds. The van der Waals surface area contributed by atoms with Gasteiger partial charge in [-0.15, -0.1) is 0 Å². The van der Waals surface area contributed by atoms with Crippen molar-refractivity contribution in [3.05, 3.63) is 95.3 Å². The molecule has 4 aromatic rings. The first kappa shape index (κ1) is 20.8. The fraction of sp³-hybridized carbons (Fsp3) is 0.200. The molecule has 0 aromatic heterocycles. The zero-order chi connectivity index (χ0) is 23.6. The lowest BCUT2D eigenvalue weighted by Crippen LogP contribution is -2.33. The Bertz CT molecular complexity index is 1500. The van der Waals surface area contributed by atoms with Crippen molar-refractivity contribution in [2.45, 2.75) is 32.9 Å². The van der Waals surface area contributed by atoms with Gasteiger partial charge < -0.3 is 15.0 Å². The van der Waals surface area contributed by atoms with Crippen LogP contribution in [0, 0.1) is 12.7 Å².